The average molecular weight is 258 g/mol. The normalized spacial score (nSPS) is 19.7. The largest absolute Gasteiger partial charge is 0.313 e. The molecule has 0 bridgehead atoms. The van der Waals surface area contributed by atoms with Gasteiger partial charge in [-0.15, -0.1) is 11.6 Å². The first kappa shape index (κ1) is 14.6. The summed E-state index contributed by atoms with van der Waals surface area (Å²) in [4.78, 5) is 13.9. The van der Waals surface area contributed by atoms with Crippen molar-refractivity contribution in [2.75, 3.05) is 5.88 Å². The molecule has 98 valence electrons. The minimum absolute atomic E-state index is 0.0220. The number of carbonyl (C=O) groups is 1. The second-order valence-electron chi connectivity index (χ2n) is 5.80. The zero-order valence-corrected chi connectivity index (χ0v) is 12.4. The first-order valence-electron chi connectivity index (χ1n) is 6.39. The first-order valence-corrected chi connectivity index (χ1v) is 6.93. The van der Waals surface area contributed by atoms with Crippen LogP contribution in [0.1, 0.15) is 53.9 Å². The first-order chi connectivity index (χ1) is 7.81. The topological polar surface area (TPSA) is 20.3 Å². The van der Waals surface area contributed by atoms with E-state index in [0.29, 0.717) is 0 Å². The van der Waals surface area contributed by atoms with E-state index >= 15 is 0 Å². The number of hydrogen-bond donors (Lipinski definition) is 0. The Morgan fingerprint density at radius 1 is 1.47 bits per heavy atom. The van der Waals surface area contributed by atoms with Gasteiger partial charge in [-0.05, 0) is 51.0 Å². The molecule has 1 rings (SSSR count). The van der Waals surface area contributed by atoms with Gasteiger partial charge in [0, 0.05) is 11.7 Å². The Bertz CT molecular complexity index is 331. The highest BCUT2D eigenvalue weighted by Crippen LogP contribution is 2.41. The Kier molecular flexibility index (Phi) is 4.65. The number of amides is 1. The number of carbonyl (C=O) groups excluding carboxylic acids is 1. The van der Waals surface area contributed by atoms with E-state index < -0.39 is 0 Å². The van der Waals surface area contributed by atoms with Gasteiger partial charge in [-0.25, -0.2) is 0 Å². The van der Waals surface area contributed by atoms with Crippen LogP contribution in [0, 0.1) is 5.41 Å². The molecular weight excluding hydrogens is 234 g/mol. The molecule has 0 saturated carbocycles. The monoisotopic (exact) mass is 257 g/mol. The fourth-order valence-electron chi connectivity index (χ4n) is 2.58. The highest BCUT2D eigenvalue weighted by molar-refractivity contribution is 6.27. The Balaban J connectivity index is 3.14. The summed E-state index contributed by atoms with van der Waals surface area (Å²) in [6.07, 6.45) is 3.35. The fraction of sp³-hybridized carbons (Fsp3) is 0.786. The van der Waals surface area contributed by atoms with E-state index in [-0.39, 0.29) is 23.2 Å². The molecule has 0 saturated heterocycles. The molecule has 0 spiro atoms. The Labute approximate surface area is 110 Å². The zero-order chi connectivity index (χ0) is 13.2. The van der Waals surface area contributed by atoms with Crippen molar-refractivity contribution in [3.05, 3.63) is 11.3 Å². The highest BCUT2D eigenvalue weighted by Gasteiger charge is 2.31. The zero-order valence-electron chi connectivity index (χ0n) is 11.6. The van der Waals surface area contributed by atoms with Gasteiger partial charge >= 0.3 is 0 Å². The Morgan fingerprint density at radius 2 is 2.06 bits per heavy atom. The molecule has 0 aromatic heterocycles. The minimum atomic E-state index is 0.0220. The molecule has 3 heteroatoms. The van der Waals surface area contributed by atoms with Crippen LogP contribution in [0.3, 0.4) is 0 Å². The van der Waals surface area contributed by atoms with E-state index in [0.717, 1.165) is 12.8 Å². The number of rotatable bonds is 3. The van der Waals surface area contributed by atoms with E-state index in [1.165, 1.54) is 17.7 Å². The van der Waals surface area contributed by atoms with Gasteiger partial charge in [0.25, 0.3) is 0 Å². The van der Waals surface area contributed by atoms with E-state index in [9.17, 15) is 4.79 Å². The van der Waals surface area contributed by atoms with Gasteiger partial charge in [0.1, 0.15) is 5.88 Å². The lowest BCUT2D eigenvalue weighted by molar-refractivity contribution is -0.128. The van der Waals surface area contributed by atoms with Gasteiger partial charge in [-0.2, -0.15) is 0 Å². The van der Waals surface area contributed by atoms with E-state index in [1.54, 1.807) is 0 Å². The maximum Gasteiger partial charge on any atom is 0.241 e. The molecule has 0 fully saturated rings. The van der Waals surface area contributed by atoms with Crippen molar-refractivity contribution in [1.82, 2.24) is 4.90 Å². The van der Waals surface area contributed by atoms with Crippen LogP contribution in [0.25, 0.3) is 0 Å². The third-order valence-electron chi connectivity index (χ3n) is 3.85. The van der Waals surface area contributed by atoms with Crippen LogP contribution in [0.5, 0.6) is 0 Å². The fourth-order valence-corrected chi connectivity index (χ4v) is 2.71. The maximum atomic E-state index is 12.0. The highest BCUT2D eigenvalue weighted by atomic mass is 35.5. The molecule has 17 heavy (non-hydrogen) atoms. The maximum absolute atomic E-state index is 12.0. The van der Waals surface area contributed by atoms with Crippen molar-refractivity contribution in [3.63, 3.8) is 0 Å². The van der Waals surface area contributed by atoms with E-state index in [2.05, 4.69) is 20.8 Å². The Hall–Kier alpha value is -0.500. The summed E-state index contributed by atoms with van der Waals surface area (Å²) in [7, 11) is 0. The molecule has 0 unspecified atom stereocenters. The van der Waals surface area contributed by atoms with Crippen molar-refractivity contribution < 1.29 is 4.79 Å². The van der Waals surface area contributed by atoms with Crippen molar-refractivity contribution in [1.29, 1.82) is 0 Å². The summed E-state index contributed by atoms with van der Waals surface area (Å²) in [5.74, 6) is 0.0868. The van der Waals surface area contributed by atoms with Crippen molar-refractivity contribution in [3.8, 4) is 0 Å². The lowest BCUT2D eigenvalue weighted by atomic mass is 9.74. The van der Waals surface area contributed by atoms with Gasteiger partial charge in [-0.1, -0.05) is 13.8 Å². The minimum Gasteiger partial charge on any atom is -0.313 e. The number of alkyl halides is 1. The molecule has 0 N–H and O–H groups in total. The number of hydrogen-bond acceptors (Lipinski definition) is 1. The van der Waals surface area contributed by atoms with Crippen molar-refractivity contribution >= 4 is 17.5 Å². The van der Waals surface area contributed by atoms with E-state index in [4.69, 9.17) is 11.6 Å². The SMILES string of the molecule is CC1=C(N(C(=O)CCl)C(C)C)CCCC1(C)C. The third-order valence-corrected chi connectivity index (χ3v) is 4.08. The van der Waals surface area contributed by atoms with Crippen LogP contribution in [0.15, 0.2) is 11.3 Å². The molecule has 0 atom stereocenters. The predicted octanol–water partition coefficient (Wildman–Crippen LogP) is 3.95. The molecule has 0 aromatic rings. The summed E-state index contributed by atoms with van der Waals surface area (Å²) in [5.41, 5.74) is 2.74. The summed E-state index contributed by atoms with van der Waals surface area (Å²) >= 11 is 5.72. The van der Waals surface area contributed by atoms with Crippen LogP contribution in [-0.2, 0) is 4.79 Å². The van der Waals surface area contributed by atoms with Crippen LogP contribution in [0.4, 0.5) is 0 Å². The second kappa shape index (κ2) is 5.43. The van der Waals surface area contributed by atoms with Gasteiger partial charge in [0.2, 0.25) is 5.91 Å². The second-order valence-corrected chi connectivity index (χ2v) is 6.07. The van der Waals surface area contributed by atoms with Gasteiger partial charge < -0.3 is 4.90 Å². The summed E-state index contributed by atoms with van der Waals surface area (Å²) < 4.78 is 0. The standard InChI is InChI=1S/C14H24ClNO/c1-10(2)16(13(17)9-15)12-7-6-8-14(4,5)11(12)3/h10H,6-9H2,1-5H3. The predicted molar refractivity (Wildman–Crippen MR) is 73.0 cm³/mol. The van der Waals surface area contributed by atoms with Crippen LogP contribution in [0.2, 0.25) is 0 Å². The summed E-state index contributed by atoms with van der Waals surface area (Å²) in [5, 5.41) is 0. The van der Waals surface area contributed by atoms with Crippen molar-refractivity contribution in [2.24, 2.45) is 5.41 Å². The number of halogens is 1. The third kappa shape index (κ3) is 3.04. The van der Waals surface area contributed by atoms with Crippen LogP contribution in [-0.4, -0.2) is 22.7 Å². The van der Waals surface area contributed by atoms with Gasteiger partial charge in [-0.3, -0.25) is 4.79 Å². The quantitative estimate of drug-likeness (QED) is 0.701. The lowest BCUT2D eigenvalue weighted by Gasteiger charge is -2.39. The molecule has 0 radical (unpaired) electrons. The van der Waals surface area contributed by atoms with Gasteiger partial charge in [0.15, 0.2) is 0 Å². The molecule has 0 aromatic carbocycles. The number of allylic oxidation sites excluding steroid dienone is 2. The van der Waals surface area contributed by atoms with Crippen LogP contribution >= 0.6 is 11.6 Å². The smallest absolute Gasteiger partial charge is 0.241 e. The molecule has 1 aliphatic rings. The Morgan fingerprint density at radius 3 is 2.53 bits per heavy atom. The molecule has 2 nitrogen and oxygen atoms in total. The van der Waals surface area contributed by atoms with E-state index in [1.807, 2.05) is 18.7 Å². The molecule has 0 aliphatic heterocycles. The lowest BCUT2D eigenvalue weighted by Crippen LogP contribution is -2.40. The van der Waals surface area contributed by atoms with Crippen LogP contribution < -0.4 is 0 Å². The van der Waals surface area contributed by atoms with Crippen molar-refractivity contribution in [2.45, 2.75) is 59.9 Å². The van der Waals surface area contributed by atoms with Gasteiger partial charge in [0.05, 0.1) is 0 Å². The number of nitrogens with zero attached hydrogens (tertiary/aromatic N) is 1. The molecule has 0 heterocycles. The molecular formula is C14H24ClNO. The average Bonchev–Trinajstić information content (AvgIpc) is 2.23. The molecule has 1 aliphatic carbocycles. The summed E-state index contributed by atoms with van der Waals surface area (Å²) in [6.45, 7) is 10.8. The summed E-state index contributed by atoms with van der Waals surface area (Å²) in [6, 6.07) is 0.181. The molecule has 1 amide bonds.